The maximum absolute atomic E-state index is 2.77. The van der Waals surface area contributed by atoms with Crippen molar-refractivity contribution in [1.82, 2.24) is 9.80 Å². The molecule has 0 bridgehead atoms. The van der Waals surface area contributed by atoms with E-state index in [1.54, 1.807) is 0 Å². The minimum Gasteiger partial charge on any atom is -0.303 e. The predicted molar refractivity (Wildman–Crippen MR) is 134 cm³/mol. The van der Waals surface area contributed by atoms with Crippen LogP contribution in [0.5, 0.6) is 0 Å². The van der Waals surface area contributed by atoms with E-state index in [4.69, 9.17) is 0 Å². The van der Waals surface area contributed by atoms with Gasteiger partial charge in [0, 0.05) is 17.5 Å². The van der Waals surface area contributed by atoms with Gasteiger partial charge >= 0.3 is 0 Å². The summed E-state index contributed by atoms with van der Waals surface area (Å²) in [6.45, 7) is 19.5. The van der Waals surface area contributed by atoms with Gasteiger partial charge in [0.05, 0.1) is 0 Å². The molecular weight excluding hydrogens is 352 g/mol. The van der Waals surface area contributed by atoms with E-state index in [1.165, 1.54) is 90.1 Å². The Morgan fingerprint density at radius 3 is 1.21 bits per heavy atom. The van der Waals surface area contributed by atoms with Crippen molar-refractivity contribution in [3.05, 3.63) is 0 Å². The Kier molecular flexibility index (Phi) is 16.5. The monoisotopic (exact) mass is 410 g/mol. The lowest BCUT2D eigenvalue weighted by Crippen LogP contribution is -2.59. The van der Waals surface area contributed by atoms with Gasteiger partial charge in [0.25, 0.3) is 0 Å². The molecule has 0 amide bonds. The maximum atomic E-state index is 2.77. The SMILES string of the molecule is CCCCC(N(C)CCCC)C(C)(C(CC)CC)C(CCCC)N(C)CCCC. The summed E-state index contributed by atoms with van der Waals surface area (Å²) in [7, 11) is 4.86. The Bertz CT molecular complexity index is 338. The molecule has 0 aliphatic carbocycles. The van der Waals surface area contributed by atoms with Crippen LogP contribution >= 0.6 is 0 Å². The normalized spacial score (nSPS) is 16.6. The van der Waals surface area contributed by atoms with Gasteiger partial charge in [-0.2, -0.15) is 0 Å². The number of rotatable bonds is 19. The summed E-state index contributed by atoms with van der Waals surface area (Å²) in [6, 6.07) is 1.37. The molecule has 0 saturated carbocycles. The third-order valence-electron chi connectivity index (χ3n) is 7.76. The van der Waals surface area contributed by atoms with Crippen LogP contribution in [-0.4, -0.2) is 49.1 Å². The molecule has 2 atom stereocenters. The van der Waals surface area contributed by atoms with E-state index in [1.807, 2.05) is 0 Å². The molecule has 0 aromatic rings. The van der Waals surface area contributed by atoms with Gasteiger partial charge in [0.1, 0.15) is 0 Å². The van der Waals surface area contributed by atoms with Gasteiger partial charge in [-0.15, -0.1) is 0 Å². The Hall–Kier alpha value is -0.0800. The van der Waals surface area contributed by atoms with Crippen molar-refractivity contribution >= 4 is 0 Å². The van der Waals surface area contributed by atoms with Gasteiger partial charge in [0.2, 0.25) is 0 Å². The van der Waals surface area contributed by atoms with Crippen LogP contribution in [0.3, 0.4) is 0 Å². The molecule has 0 fully saturated rings. The van der Waals surface area contributed by atoms with E-state index in [0.29, 0.717) is 17.5 Å². The van der Waals surface area contributed by atoms with Crippen LogP contribution in [0.4, 0.5) is 0 Å². The molecule has 0 heterocycles. The van der Waals surface area contributed by atoms with Crippen LogP contribution in [0.15, 0.2) is 0 Å². The fourth-order valence-corrected chi connectivity index (χ4v) is 5.87. The third kappa shape index (κ3) is 8.90. The first-order valence-corrected chi connectivity index (χ1v) is 13.3. The first kappa shape index (κ1) is 28.9. The van der Waals surface area contributed by atoms with Crippen LogP contribution in [0.2, 0.25) is 0 Å². The van der Waals surface area contributed by atoms with Crippen LogP contribution in [-0.2, 0) is 0 Å². The zero-order valence-corrected chi connectivity index (χ0v) is 22.0. The van der Waals surface area contributed by atoms with Crippen LogP contribution < -0.4 is 0 Å². The van der Waals surface area contributed by atoms with Gasteiger partial charge in [0.15, 0.2) is 0 Å². The molecule has 0 aromatic heterocycles. The molecule has 2 nitrogen and oxygen atoms in total. The summed E-state index contributed by atoms with van der Waals surface area (Å²) in [4.78, 5) is 5.54. The Morgan fingerprint density at radius 1 is 0.586 bits per heavy atom. The van der Waals surface area contributed by atoms with Gasteiger partial charge in [-0.3, -0.25) is 0 Å². The fraction of sp³-hybridized carbons (Fsp3) is 1.00. The third-order valence-corrected chi connectivity index (χ3v) is 7.76. The average molecular weight is 411 g/mol. The highest BCUT2D eigenvalue weighted by Gasteiger charge is 2.47. The second-order valence-corrected chi connectivity index (χ2v) is 9.86. The molecule has 0 N–H and O–H groups in total. The first-order valence-electron chi connectivity index (χ1n) is 13.3. The molecule has 0 aliphatic heterocycles. The van der Waals surface area contributed by atoms with Crippen molar-refractivity contribution in [2.24, 2.45) is 11.3 Å². The van der Waals surface area contributed by atoms with Crippen molar-refractivity contribution in [1.29, 1.82) is 0 Å². The molecule has 29 heavy (non-hydrogen) atoms. The smallest absolute Gasteiger partial charge is 0.0164 e. The summed E-state index contributed by atoms with van der Waals surface area (Å²) in [5, 5.41) is 0. The summed E-state index contributed by atoms with van der Waals surface area (Å²) >= 11 is 0. The summed E-state index contributed by atoms with van der Waals surface area (Å²) in [5.41, 5.74) is 0.346. The molecule has 0 radical (unpaired) electrons. The Labute approximate surface area is 186 Å². The largest absolute Gasteiger partial charge is 0.303 e. The van der Waals surface area contributed by atoms with E-state index in [9.17, 15) is 0 Å². The number of unbranched alkanes of at least 4 members (excludes halogenated alkanes) is 4. The quantitative estimate of drug-likeness (QED) is 0.213. The molecule has 0 rings (SSSR count). The molecule has 0 aliphatic rings. The molecule has 2 unspecified atom stereocenters. The summed E-state index contributed by atoms with van der Waals surface area (Å²) in [5.74, 6) is 0.791. The second kappa shape index (κ2) is 16.6. The van der Waals surface area contributed by atoms with Crippen LogP contribution in [0.25, 0.3) is 0 Å². The van der Waals surface area contributed by atoms with Crippen molar-refractivity contribution < 1.29 is 0 Å². The molecule has 0 spiro atoms. The topological polar surface area (TPSA) is 6.48 Å². The lowest BCUT2D eigenvalue weighted by Gasteiger charge is -2.54. The van der Waals surface area contributed by atoms with E-state index < -0.39 is 0 Å². The van der Waals surface area contributed by atoms with Crippen molar-refractivity contribution in [3.8, 4) is 0 Å². The maximum Gasteiger partial charge on any atom is 0.0164 e. The zero-order chi connectivity index (χ0) is 22.3. The van der Waals surface area contributed by atoms with Gasteiger partial charge < -0.3 is 9.80 Å². The highest BCUT2D eigenvalue weighted by atomic mass is 15.2. The van der Waals surface area contributed by atoms with E-state index >= 15 is 0 Å². The van der Waals surface area contributed by atoms with E-state index in [0.717, 1.165) is 5.92 Å². The predicted octanol–water partition coefficient (Wildman–Crippen LogP) is 8.01. The highest BCUT2D eigenvalue weighted by Crippen LogP contribution is 2.46. The summed E-state index contributed by atoms with van der Waals surface area (Å²) in [6.07, 6.45) is 15.9. The minimum atomic E-state index is 0.346. The van der Waals surface area contributed by atoms with Gasteiger partial charge in [-0.25, -0.2) is 0 Å². The van der Waals surface area contributed by atoms with E-state index in [-0.39, 0.29) is 0 Å². The molecule has 0 saturated heterocycles. The lowest BCUT2D eigenvalue weighted by atomic mass is 9.61. The highest BCUT2D eigenvalue weighted by molar-refractivity contribution is 5.01. The Morgan fingerprint density at radius 2 is 0.931 bits per heavy atom. The van der Waals surface area contributed by atoms with Gasteiger partial charge in [-0.05, 0) is 58.8 Å². The molecule has 0 aromatic carbocycles. The average Bonchev–Trinajstić information content (AvgIpc) is 2.71. The molecular formula is C27H58N2. The van der Waals surface area contributed by atoms with Gasteiger partial charge in [-0.1, -0.05) is 99.8 Å². The van der Waals surface area contributed by atoms with E-state index in [2.05, 4.69) is 72.4 Å². The standard InChI is InChI=1S/C27H58N2/c1-10-16-20-25(28(8)22-18-12-3)27(7,24(14-5)15-6)26(21-17-11-2)29(9)23-19-13-4/h24-26H,10-23H2,1-9H3. The first-order chi connectivity index (χ1) is 13.9. The number of hydrogen-bond acceptors (Lipinski definition) is 2. The molecule has 2 heteroatoms. The fourth-order valence-electron chi connectivity index (χ4n) is 5.87. The number of hydrogen-bond donors (Lipinski definition) is 0. The summed E-state index contributed by atoms with van der Waals surface area (Å²) < 4.78 is 0. The Balaban J connectivity index is 6.16. The minimum absolute atomic E-state index is 0.346. The zero-order valence-electron chi connectivity index (χ0n) is 22.0. The van der Waals surface area contributed by atoms with Crippen molar-refractivity contribution in [2.45, 2.75) is 138 Å². The molecule has 176 valence electrons. The van der Waals surface area contributed by atoms with Crippen molar-refractivity contribution in [3.63, 3.8) is 0 Å². The van der Waals surface area contributed by atoms with Crippen LogP contribution in [0, 0.1) is 11.3 Å². The lowest BCUT2D eigenvalue weighted by molar-refractivity contribution is -0.0457. The number of nitrogens with zero attached hydrogens (tertiary/aromatic N) is 2. The second-order valence-electron chi connectivity index (χ2n) is 9.86. The van der Waals surface area contributed by atoms with Crippen LogP contribution in [0.1, 0.15) is 126 Å². The van der Waals surface area contributed by atoms with Crippen molar-refractivity contribution in [2.75, 3.05) is 27.2 Å².